The maximum absolute atomic E-state index is 12.1. The number of aliphatic hydroxyl groups is 1. The van der Waals surface area contributed by atoms with Gasteiger partial charge in [-0.1, -0.05) is 0 Å². The van der Waals surface area contributed by atoms with Crippen molar-refractivity contribution in [3.05, 3.63) is 24.3 Å². The molecule has 0 aliphatic heterocycles. The molecule has 1 aromatic rings. The summed E-state index contributed by atoms with van der Waals surface area (Å²) in [6.45, 7) is 5.27. The predicted octanol–water partition coefficient (Wildman–Crippen LogP) is 2.87. The van der Waals surface area contributed by atoms with E-state index >= 15 is 0 Å². The van der Waals surface area contributed by atoms with E-state index in [1.165, 1.54) is 0 Å². The van der Waals surface area contributed by atoms with Crippen LogP contribution in [0.15, 0.2) is 24.3 Å². The molecule has 19 heavy (non-hydrogen) atoms. The quantitative estimate of drug-likeness (QED) is 0.838. The number of halogens is 3. The van der Waals surface area contributed by atoms with Crippen molar-refractivity contribution in [2.45, 2.75) is 26.1 Å². The average molecular weight is 276 g/mol. The molecule has 0 spiro atoms. The highest BCUT2D eigenvalue weighted by Crippen LogP contribution is 2.21. The van der Waals surface area contributed by atoms with E-state index in [9.17, 15) is 13.2 Å². The number of anilines is 2. The van der Waals surface area contributed by atoms with Crippen molar-refractivity contribution in [1.82, 2.24) is 0 Å². The van der Waals surface area contributed by atoms with E-state index < -0.39 is 18.8 Å². The fraction of sp³-hybridized carbons (Fsp3) is 0.538. The molecule has 0 aromatic heterocycles. The molecule has 0 radical (unpaired) electrons. The van der Waals surface area contributed by atoms with Gasteiger partial charge in [-0.2, -0.15) is 13.2 Å². The van der Waals surface area contributed by atoms with Gasteiger partial charge in [0.25, 0.3) is 0 Å². The molecule has 3 nitrogen and oxygen atoms in total. The van der Waals surface area contributed by atoms with Gasteiger partial charge in [-0.3, -0.25) is 0 Å². The molecular weight excluding hydrogens is 257 g/mol. The number of hydrogen-bond donors (Lipinski definition) is 2. The minimum Gasteiger partial charge on any atom is -0.382 e. The molecule has 0 saturated heterocycles. The van der Waals surface area contributed by atoms with Gasteiger partial charge in [-0.25, -0.2) is 0 Å². The Kier molecular flexibility index (Phi) is 5.47. The Hall–Kier alpha value is -1.43. The molecule has 1 rings (SSSR count). The molecular formula is C13H19F3N2O. The van der Waals surface area contributed by atoms with Crippen molar-refractivity contribution in [3.8, 4) is 0 Å². The fourth-order valence-electron chi connectivity index (χ4n) is 1.71. The molecule has 0 bridgehead atoms. The van der Waals surface area contributed by atoms with Crippen molar-refractivity contribution in [2.24, 2.45) is 0 Å². The molecule has 1 aromatic carbocycles. The van der Waals surface area contributed by atoms with Crippen molar-refractivity contribution in [1.29, 1.82) is 0 Å². The summed E-state index contributed by atoms with van der Waals surface area (Å²) in [4.78, 5) is 2.13. The summed E-state index contributed by atoms with van der Waals surface area (Å²) in [6, 6.07) is 7.10. The van der Waals surface area contributed by atoms with Crippen LogP contribution >= 0.6 is 0 Å². The Morgan fingerprint density at radius 3 is 2.11 bits per heavy atom. The third kappa shape index (κ3) is 4.63. The van der Waals surface area contributed by atoms with Crippen LogP contribution in [-0.2, 0) is 0 Å². The Balaban J connectivity index is 2.58. The van der Waals surface area contributed by atoms with Crippen molar-refractivity contribution in [2.75, 3.05) is 29.9 Å². The SMILES string of the molecule is CCN(CC)c1ccc(NCC(O)C(F)(F)F)cc1. The lowest BCUT2D eigenvalue weighted by atomic mass is 10.2. The lowest BCUT2D eigenvalue weighted by molar-refractivity contribution is -0.198. The Morgan fingerprint density at radius 2 is 1.68 bits per heavy atom. The summed E-state index contributed by atoms with van der Waals surface area (Å²) in [5.74, 6) is 0. The largest absolute Gasteiger partial charge is 0.416 e. The third-order valence-corrected chi connectivity index (χ3v) is 2.87. The van der Waals surface area contributed by atoms with Crippen LogP contribution in [0.4, 0.5) is 24.5 Å². The third-order valence-electron chi connectivity index (χ3n) is 2.87. The summed E-state index contributed by atoms with van der Waals surface area (Å²) in [5.41, 5.74) is 1.58. The second kappa shape index (κ2) is 6.65. The summed E-state index contributed by atoms with van der Waals surface area (Å²) in [7, 11) is 0. The molecule has 1 atom stereocenters. The van der Waals surface area contributed by atoms with Crippen molar-refractivity contribution >= 4 is 11.4 Å². The zero-order valence-electron chi connectivity index (χ0n) is 11.0. The van der Waals surface area contributed by atoms with E-state index in [2.05, 4.69) is 10.2 Å². The highest BCUT2D eigenvalue weighted by molar-refractivity contribution is 5.55. The van der Waals surface area contributed by atoms with Crippen LogP contribution in [0.3, 0.4) is 0 Å². The first-order valence-electron chi connectivity index (χ1n) is 6.22. The minimum atomic E-state index is -4.59. The predicted molar refractivity (Wildman–Crippen MR) is 70.6 cm³/mol. The van der Waals surface area contributed by atoms with Gasteiger partial charge in [0.1, 0.15) is 0 Å². The van der Waals surface area contributed by atoms with Gasteiger partial charge in [0.15, 0.2) is 6.10 Å². The highest BCUT2D eigenvalue weighted by atomic mass is 19.4. The summed E-state index contributed by atoms with van der Waals surface area (Å²) in [5, 5.41) is 11.4. The number of nitrogens with one attached hydrogen (secondary N) is 1. The van der Waals surface area contributed by atoms with E-state index in [1.807, 2.05) is 26.0 Å². The summed E-state index contributed by atoms with van der Waals surface area (Å²) >= 11 is 0. The summed E-state index contributed by atoms with van der Waals surface area (Å²) in [6.07, 6.45) is -6.94. The van der Waals surface area contributed by atoms with Crippen LogP contribution < -0.4 is 10.2 Å². The second-order valence-electron chi connectivity index (χ2n) is 4.16. The average Bonchev–Trinajstić information content (AvgIpc) is 2.37. The molecule has 1 unspecified atom stereocenters. The molecule has 0 fully saturated rings. The van der Waals surface area contributed by atoms with Crippen LogP contribution in [0.2, 0.25) is 0 Å². The number of hydrogen-bond acceptors (Lipinski definition) is 3. The van der Waals surface area contributed by atoms with Crippen LogP contribution in [0.25, 0.3) is 0 Å². The lowest BCUT2D eigenvalue weighted by Gasteiger charge is -2.21. The van der Waals surface area contributed by atoms with Gasteiger partial charge < -0.3 is 15.3 Å². The second-order valence-corrected chi connectivity index (χ2v) is 4.16. The first-order chi connectivity index (χ1) is 8.88. The smallest absolute Gasteiger partial charge is 0.382 e. The minimum absolute atomic E-state index is 0.548. The Morgan fingerprint density at radius 1 is 1.16 bits per heavy atom. The molecule has 0 aliphatic carbocycles. The van der Waals surface area contributed by atoms with Crippen LogP contribution in [0.5, 0.6) is 0 Å². The fourth-order valence-corrected chi connectivity index (χ4v) is 1.71. The van der Waals surface area contributed by atoms with E-state index in [1.54, 1.807) is 12.1 Å². The zero-order chi connectivity index (χ0) is 14.5. The molecule has 0 amide bonds. The van der Waals surface area contributed by atoms with Crippen molar-refractivity contribution < 1.29 is 18.3 Å². The number of benzene rings is 1. The van der Waals surface area contributed by atoms with Gasteiger partial charge in [-0.05, 0) is 38.1 Å². The first-order valence-corrected chi connectivity index (χ1v) is 6.22. The Labute approximate surface area is 111 Å². The van der Waals surface area contributed by atoms with Crippen LogP contribution in [0.1, 0.15) is 13.8 Å². The molecule has 0 saturated carbocycles. The van der Waals surface area contributed by atoms with Gasteiger partial charge in [-0.15, -0.1) is 0 Å². The molecule has 108 valence electrons. The van der Waals surface area contributed by atoms with Gasteiger partial charge in [0.2, 0.25) is 0 Å². The van der Waals surface area contributed by atoms with Crippen LogP contribution in [-0.4, -0.2) is 37.0 Å². The van der Waals surface area contributed by atoms with Gasteiger partial charge in [0.05, 0.1) is 0 Å². The molecule has 2 N–H and O–H groups in total. The normalized spacial score (nSPS) is 13.2. The highest BCUT2D eigenvalue weighted by Gasteiger charge is 2.37. The number of rotatable bonds is 6. The molecule has 6 heteroatoms. The standard InChI is InChI=1S/C13H19F3N2O/c1-3-18(4-2)11-7-5-10(6-8-11)17-9-12(19)13(14,15)16/h5-8,12,17,19H,3-4,9H2,1-2H3. The number of alkyl halides is 3. The van der Waals surface area contributed by atoms with Crippen LogP contribution in [0, 0.1) is 0 Å². The number of nitrogens with zero attached hydrogens (tertiary/aromatic N) is 1. The molecule has 0 aliphatic rings. The van der Waals surface area contributed by atoms with E-state index in [-0.39, 0.29) is 0 Å². The Bertz CT molecular complexity index is 374. The first kappa shape index (κ1) is 15.6. The topological polar surface area (TPSA) is 35.5 Å². The van der Waals surface area contributed by atoms with Crippen molar-refractivity contribution in [3.63, 3.8) is 0 Å². The zero-order valence-corrected chi connectivity index (χ0v) is 11.0. The van der Waals surface area contributed by atoms with E-state index in [0.717, 1.165) is 18.8 Å². The van der Waals surface area contributed by atoms with Gasteiger partial charge in [0, 0.05) is 31.0 Å². The van der Waals surface area contributed by atoms with Gasteiger partial charge >= 0.3 is 6.18 Å². The maximum atomic E-state index is 12.1. The monoisotopic (exact) mass is 276 g/mol. The van der Waals surface area contributed by atoms with E-state index in [0.29, 0.717) is 5.69 Å². The number of aliphatic hydroxyl groups excluding tert-OH is 1. The maximum Gasteiger partial charge on any atom is 0.416 e. The lowest BCUT2D eigenvalue weighted by Crippen LogP contribution is -2.35. The van der Waals surface area contributed by atoms with E-state index in [4.69, 9.17) is 5.11 Å². The summed E-state index contributed by atoms with van der Waals surface area (Å²) < 4.78 is 36.4. The molecule has 0 heterocycles.